The molecule has 0 unspecified atom stereocenters. The maximum absolute atomic E-state index is 12.8. The normalized spacial score (nSPS) is 9.50. The molecule has 0 saturated heterocycles. The summed E-state index contributed by atoms with van der Waals surface area (Å²) in [6.07, 6.45) is 2.55. The summed E-state index contributed by atoms with van der Waals surface area (Å²) in [6, 6.07) is 4.12. The zero-order valence-electron chi connectivity index (χ0n) is 7.70. The second-order valence-electron chi connectivity index (χ2n) is 2.72. The molecule has 0 aliphatic carbocycles. The average molecular weight is 194 g/mol. The van der Waals surface area contributed by atoms with Crippen molar-refractivity contribution < 1.29 is 13.9 Å². The number of ether oxygens (including phenoxy) is 1. The van der Waals surface area contributed by atoms with Crippen molar-refractivity contribution in [1.82, 2.24) is 0 Å². The van der Waals surface area contributed by atoms with Gasteiger partial charge in [0.25, 0.3) is 0 Å². The standard InChI is InChI=1S/C11H11FO2/c1-2-7-14-11-8-10(12)4-3-9(11)5-6-13/h2-4,6,8H,1,5,7H2. The fourth-order valence-corrected chi connectivity index (χ4v) is 1.07. The van der Waals surface area contributed by atoms with Gasteiger partial charge in [-0.05, 0) is 6.07 Å². The van der Waals surface area contributed by atoms with Gasteiger partial charge in [0, 0.05) is 18.1 Å². The smallest absolute Gasteiger partial charge is 0.126 e. The summed E-state index contributed by atoms with van der Waals surface area (Å²) >= 11 is 0. The van der Waals surface area contributed by atoms with Crippen LogP contribution in [0.1, 0.15) is 5.56 Å². The van der Waals surface area contributed by atoms with Gasteiger partial charge in [0.15, 0.2) is 0 Å². The number of rotatable bonds is 5. The number of carbonyl (C=O) groups excluding carboxylic acids is 1. The van der Waals surface area contributed by atoms with Crippen LogP contribution >= 0.6 is 0 Å². The zero-order chi connectivity index (χ0) is 10.4. The van der Waals surface area contributed by atoms with Crippen LogP contribution < -0.4 is 4.74 Å². The van der Waals surface area contributed by atoms with Gasteiger partial charge in [-0.3, -0.25) is 0 Å². The summed E-state index contributed by atoms with van der Waals surface area (Å²) in [6.45, 7) is 3.79. The van der Waals surface area contributed by atoms with E-state index in [0.717, 1.165) is 6.29 Å². The average Bonchev–Trinajstić information content (AvgIpc) is 2.18. The fraction of sp³-hybridized carbons (Fsp3) is 0.182. The Labute approximate surface area is 82.0 Å². The van der Waals surface area contributed by atoms with Crippen LogP contribution in [0.15, 0.2) is 30.9 Å². The number of carbonyl (C=O) groups is 1. The monoisotopic (exact) mass is 194 g/mol. The lowest BCUT2D eigenvalue weighted by molar-refractivity contribution is -0.107. The zero-order valence-corrected chi connectivity index (χ0v) is 7.70. The molecule has 1 aromatic rings. The van der Waals surface area contributed by atoms with E-state index in [4.69, 9.17) is 4.74 Å². The summed E-state index contributed by atoms with van der Waals surface area (Å²) in [5.41, 5.74) is 0.684. The van der Waals surface area contributed by atoms with E-state index in [2.05, 4.69) is 6.58 Å². The number of benzene rings is 1. The first-order chi connectivity index (χ1) is 6.77. The van der Waals surface area contributed by atoms with E-state index >= 15 is 0 Å². The molecule has 0 aliphatic heterocycles. The van der Waals surface area contributed by atoms with Gasteiger partial charge in [-0.2, -0.15) is 0 Å². The van der Waals surface area contributed by atoms with Crippen LogP contribution in [0.2, 0.25) is 0 Å². The number of hydrogen-bond donors (Lipinski definition) is 0. The summed E-state index contributed by atoms with van der Waals surface area (Å²) in [7, 11) is 0. The highest BCUT2D eigenvalue weighted by Crippen LogP contribution is 2.19. The molecular formula is C11H11FO2. The molecule has 1 aromatic carbocycles. The minimum Gasteiger partial charge on any atom is -0.489 e. The highest BCUT2D eigenvalue weighted by atomic mass is 19.1. The van der Waals surface area contributed by atoms with Crippen LogP contribution in [0.3, 0.4) is 0 Å². The van der Waals surface area contributed by atoms with Gasteiger partial charge in [0.2, 0.25) is 0 Å². The van der Waals surface area contributed by atoms with Crippen molar-refractivity contribution >= 4 is 6.29 Å². The minimum atomic E-state index is -0.376. The van der Waals surface area contributed by atoms with Crippen molar-refractivity contribution in [2.24, 2.45) is 0 Å². The Hall–Kier alpha value is -1.64. The Morgan fingerprint density at radius 3 is 2.93 bits per heavy atom. The van der Waals surface area contributed by atoms with Crippen molar-refractivity contribution in [3.05, 3.63) is 42.2 Å². The Balaban J connectivity index is 2.89. The lowest BCUT2D eigenvalue weighted by Crippen LogP contribution is -1.98. The molecule has 0 atom stereocenters. The predicted octanol–water partition coefficient (Wildman–Crippen LogP) is 2.13. The highest BCUT2D eigenvalue weighted by Gasteiger charge is 2.04. The number of aldehydes is 1. The molecule has 0 aromatic heterocycles. The van der Waals surface area contributed by atoms with Gasteiger partial charge in [-0.1, -0.05) is 18.7 Å². The molecule has 0 N–H and O–H groups in total. The molecule has 0 fully saturated rings. The molecule has 0 saturated carbocycles. The maximum Gasteiger partial charge on any atom is 0.126 e. The third kappa shape index (κ3) is 2.69. The second-order valence-corrected chi connectivity index (χ2v) is 2.72. The summed E-state index contributed by atoms with van der Waals surface area (Å²) in [5.74, 6) is 0.0238. The molecule has 0 amide bonds. The van der Waals surface area contributed by atoms with Crippen LogP contribution in [-0.2, 0) is 11.2 Å². The van der Waals surface area contributed by atoms with E-state index in [-0.39, 0.29) is 12.2 Å². The molecule has 0 spiro atoms. The van der Waals surface area contributed by atoms with Gasteiger partial charge in [0.1, 0.15) is 24.5 Å². The van der Waals surface area contributed by atoms with E-state index < -0.39 is 0 Å². The molecule has 0 bridgehead atoms. The molecule has 74 valence electrons. The Morgan fingerprint density at radius 1 is 1.50 bits per heavy atom. The summed E-state index contributed by atoms with van der Waals surface area (Å²) in [4.78, 5) is 10.3. The number of hydrogen-bond acceptors (Lipinski definition) is 2. The Kier molecular flexibility index (Phi) is 3.85. The predicted molar refractivity (Wildman–Crippen MR) is 51.9 cm³/mol. The van der Waals surface area contributed by atoms with Gasteiger partial charge in [0.05, 0.1) is 0 Å². The van der Waals surface area contributed by atoms with Crippen LogP contribution in [-0.4, -0.2) is 12.9 Å². The van der Waals surface area contributed by atoms with Crippen molar-refractivity contribution in [1.29, 1.82) is 0 Å². The molecule has 1 rings (SSSR count). The molecule has 0 radical (unpaired) electrons. The lowest BCUT2D eigenvalue weighted by Gasteiger charge is -2.07. The van der Waals surface area contributed by atoms with Gasteiger partial charge in [-0.15, -0.1) is 0 Å². The Bertz CT molecular complexity index is 334. The lowest BCUT2D eigenvalue weighted by atomic mass is 10.1. The van der Waals surface area contributed by atoms with Crippen molar-refractivity contribution in [2.75, 3.05) is 6.61 Å². The summed E-state index contributed by atoms with van der Waals surface area (Å²) in [5, 5.41) is 0. The van der Waals surface area contributed by atoms with E-state index in [9.17, 15) is 9.18 Å². The van der Waals surface area contributed by atoms with Gasteiger partial charge >= 0.3 is 0 Å². The minimum absolute atomic E-state index is 0.229. The van der Waals surface area contributed by atoms with Crippen LogP contribution in [0.25, 0.3) is 0 Å². The van der Waals surface area contributed by atoms with E-state index in [1.54, 1.807) is 12.1 Å². The topological polar surface area (TPSA) is 26.3 Å². The third-order valence-corrected chi connectivity index (χ3v) is 1.69. The quantitative estimate of drug-likeness (QED) is 0.530. The molecule has 3 heteroatoms. The van der Waals surface area contributed by atoms with Crippen molar-refractivity contribution in [2.45, 2.75) is 6.42 Å². The van der Waals surface area contributed by atoms with Crippen LogP contribution in [0.5, 0.6) is 5.75 Å². The SMILES string of the molecule is C=CCOc1cc(F)ccc1CC=O. The first-order valence-electron chi connectivity index (χ1n) is 4.23. The van der Waals surface area contributed by atoms with Crippen LogP contribution in [0, 0.1) is 5.82 Å². The first-order valence-corrected chi connectivity index (χ1v) is 4.23. The molecule has 14 heavy (non-hydrogen) atoms. The van der Waals surface area contributed by atoms with E-state index in [1.165, 1.54) is 12.1 Å². The van der Waals surface area contributed by atoms with Gasteiger partial charge in [-0.25, -0.2) is 4.39 Å². The molecule has 0 aliphatic rings. The third-order valence-electron chi connectivity index (χ3n) is 1.69. The molecule has 0 heterocycles. The maximum atomic E-state index is 12.8. The fourth-order valence-electron chi connectivity index (χ4n) is 1.07. The highest BCUT2D eigenvalue weighted by molar-refractivity contribution is 5.57. The largest absolute Gasteiger partial charge is 0.489 e. The second kappa shape index (κ2) is 5.17. The summed E-state index contributed by atoms with van der Waals surface area (Å²) < 4.78 is 18.0. The number of halogens is 1. The molecular weight excluding hydrogens is 183 g/mol. The van der Waals surface area contributed by atoms with Crippen LogP contribution in [0.4, 0.5) is 4.39 Å². The molecule has 2 nitrogen and oxygen atoms in total. The van der Waals surface area contributed by atoms with E-state index in [0.29, 0.717) is 17.9 Å². The van der Waals surface area contributed by atoms with Gasteiger partial charge < -0.3 is 9.53 Å². The van der Waals surface area contributed by atoms with E-state index in [1.807, 2.05) is 0 Å². The van der Waals surface area contributed by atoms with Crippen molar-refractivity contribution in [3.63, 3.8) is 0 Å². The van der Waals surface area contributed by atoms with Crippen molar-refractivity contribution in [3.8, 4) is 5.75 Å². The first kappa shape index (κ1) is 10.4. The Morgan fingerprint density at radius 2 is 2.29 bits per heavy atom.